The SMILES string of the molecule is C#Cc1ccc(O)c(C#Cc2ccccc2)c1.[Ac]. The Morgan fingerprint density at radius 1 is 0.889 bits per heavy atom. The zero-order valence-electron chi connectivity index (χ0n) is 9.72. The van der Waals surface area contributed by atoms with Crippen LogP contribution in [-0.4, -0.2) is 5.11 Å². The second-order valence-corrected chi connectivity index (χ2v) is 3.49. The van der Waals surface area contributed by atoms with E-state index in [1.807, 2.05) is 30.3 Å². The van der Waals surface area contributed by atoms with Crippen molar-refractivity contribution in [2.24, 2.45) is 0 Å². The van der Waals surface area contributed by atoms with Gasteiger partial charge in [-0.1, -0.05) is 36.0 Å². The molecule has 0 unspecified atom stereocenters. The summed E-state index contributed by atoms with van der Waals surface area (Å²) in [5.74, 6) is 8.54. The van der Waals surface area contributed by atoms with Crippen molar-refractivity contribution < 1.29 is 49.2 Å². The summed E-state index contributed by atoms with van der Waals surface area (Å²) < 4.78 is 0. The van der Waals surface area contributed by atoms with Gasteiger partial charge in [-0.2, -0.15) is 0 Å². The predicted molar refractivity (Wildman–Crippen MR) is 68.5 cm³/mol. The Morgan fingerprint density at radius 2 is 1.61 bits per heavy atom. The summed E-state index contributed by atoms with van der Waals surface area (Å²) in [6.07, 6.45) is 5.30. The summed E-state index contributed by atoms with van der Waals surface area (Å²) in [5, 5.41) is 9.64. The van der Waals surface area contributed by atoms with E-state index in [4.69, 9.17) is 6.42 Å². The van der Waals surface area contributed by atoms with Crippen molar-refractivity contribution in [3.63, 3.8) is 0 Å². The molecule has 0 bridgehead atoms. The summed E-state index contributed by atoms with van der Waals surface area (Å²) in [7, 11) is 0. The van der Waals surface area contributed by atoms with Crippen LogP contribution in [0, 0.1) is 68.2 Å². The maximum absolute atomic E-state index is 9.64. The average molecular weight is 445 g/mol. The van der Waals surface area contributed by atoms with Crippen LogP contribution in [0.2, 0.25) is 0 Å². The molecule has 1 nitrogen and oxygen atoms in total. The van der Waals surface area contributed by atoms with Crippen molar-refractivity contribution in [2.45, 2.75) is 0 Å². The quantitative estimate of drug-likeness (QED) is 0.619. The van der Waals surface area contributed by atoms with Crippen LogP contribution in [0.4, 0.5) is 0 Å². The Morgan fingerprint density at radius 3 is 2.28 bits per heavy atom. The molecular formula is C16H10AcO. The van der Waals surface area contributed by atoms with Crippen LogP contribution in [0.25, 0.3) is 0 Å². The van der Waals surface area contributed by atoms with Crippen LogP contribution in [0.5, 0.6) is 5.75 Å². The largest absolute Gasteiger partial charge is 0.507 e. The molecule has 0 aromatic heterocycles. The van der Waals surface area contributed by atoms with E-state index in [-0.39, 0.29) is 49.8 Å². The minimum absolute atomic E-state index is 0. The van der Waals surface area contributed by atoms with Gasteiger partial charge in [0.25, 0.3) is 0 Å². The van der Waals surface area contributed by atoms with Crippen molar-refractivity contribution in [1.82, 2.24) is 0 Å². The predicted octanol–water partition coefficient (Wildman–Crippen LogP) is 2.77. The van der Waals surface area contributed by atoms with Crippen LogP contribution < -0.4 is 0 Å². The van der Waals surface area contributed by atoms with E-state index in [9.17, 15) is 5.11 Å². The van der Waals surface area contributed by atoms with E-state index in [0.29, 0.717) is 11.1 Å². The molecule has 0 spiro atoms. The van der Waals surface area contributed by atoms with Gasteiger partial charge in [0.15, 0.2) is 0 Å². The molecule has 0 amide bonds. The monoisotopic (exact) mass is 445 g/mol. The van der Waals surface area contributed by atoms with Gasteiger partial charge < -0.3 is 5.11 Å². The van der Waals surface area contributed by atoms with E-state index in [1.165, 1.54) is 0 Å². The van der Waals surface area contributed by atoms with E-state index < -0.39 is 0 Å². The van der Waals surface area contributed by atoms with Crippen LogP contribution in [0.1, 0.15) is 16.7 Å². The van der Waals surface area contributed by atoms with Gasteiger partial charge in [0, 0.05) is 55.2 Å². The third-order valence-corrected chi connectivity index (χ3v) is 2.28. The van der Waals surface area contributed by atoms with Gasteiger partial charge in [0.05, 0.1) is 5.56 Å². The molecule has 83 valence electrons. The molecule has 2 aromatic rings. The summed E-state index contributed by atoms with van der Waals surface area (Å²) in [5.41, 5.74) is 2.16. The van der Waals surface area contributed by atoms with Crippen molar-refractivity contribution in [3.05, 3.63) is 65.2 Å². The fourth-order valence-electron chi connectivity index (χ4n) is 1.39. The van der Waals surface area contributed by atoms with Gasteiger partial charge in [-0.25, -0.2) is 0 Å². The molecule has 0 saturated carbocycles. The van der Waals surface area contributed by atoms with Crippen molar-refractivity contribution >= 4 is 0 Å². The minimum Gasteiger partial charge on any atom is -0.507 e. The molecule has 0 fully saturated rings. The van der Waals surface area contributed by atoms with Crippen LogP contribution >= 0.6 is 0 Å². The van der Waals surface area contributed by atoms with Gasteiger partial charge in [0.2, 0.25) is 0 Å². The fraction of sp³-hybridized carbons (Fsp3) is 0. The number of phenols is 1. The van der Waals surface area contributed by atoms with Crippen LogP contribution in [0.3, 0.4) is 0 Å². The number of terminal acetylenes is 1. The standard InChI is InChI=1S/C16H10O.Ac/c1-2-13-9-11-16(17)15(12-13)10-8-14-6-4-3-5-7-14;/h1,3-7,9,11-12,17H;. The molecule has 2 heteroatoms. The maximum Gasteiger partial charge on any atom is 0.131 e. The van der Waals surface area contributed by atoms with Crippen molar-refractivity contribution in [1.29, 1.82) is 0 Å². The van der Waals surface area contributed by atoms with Crippen LogP contribution in [0.15, 0.2) is 48.5 Å². The first-order valence-corrected chi connectivity index (χ1v) is 5.16. The molecule has 18 heavy (non-hydrogen) atoms. The van der Waals surface area contributed by atoms with Gasteiger partial charge in [-0.05, 0) is 30.3 Å². The molecule has 1 radical (unpaired) electrons. The number of hydrogen-bond acceptors (Lipinski definition) is 1. The third-order valence-electron chi connectivity index (χ3n) is 2.28. The Labute approximate surface area is 143 Å². The first-order chi connectivity index (χ1) is 8.29. The van der Waals surface area contributed by atoms with Crippen molar-refractivity contribution in [3.8, 4) is 29.9 Å². The summed E-state index contributed by atoms with van der Waals surface area (Å²) >= 11 is 0. The van der Waals surface area contributed by atoms with Gasteiger partial charge in [-0.3, -0.25) is 0 Å². The maximum atomic E-state index is 9.64. The van der Waals surface area contributed by atoms with Crippen molar-refractivity contribution in [2.75, 3.05) is 0 Å². The smallest absolute Gasteiger partial charge is 0.131 e. The number of hydrogen-bond donors (Lipinski definition) is 1. The first-order valence-electron chi connectivity index (χ1n) is 5.16. The summed E-state index contributed by atoms with van der Waals surface area (Å²) in [4.78, 5) is 0. The molecular weight excluding hydrogens is 435 g/mol. The zero-order chi connectivity index (χ0) is 12.1. The Hall–Kier alpha value is -1.20. The van der Waals surface area contributed by atoms with Gasteiger partial charge >= 0.3 is 0 Å². The molecule has 2 aromatic carbocycles. The molecule has 2 rings (SSSR count). The number of rotatable bonds is 0. The van der Waals surface area contributed by atoms with E-state index in [0.717, 1.165) is 5.56 Å². The number of phenolic OH excluding ortho intramolecular Hbond substituents is 1. The topological polar surface area (TPSA) is 20.2 Å². The first kappa shape index (κ1) is 14.9. The molecule has 0 aliphatic heterocycles. The van der Waals surface area contributed by atoms with E-state index in [1.54, 1.807) is 18.2 Å². The molecule has 0 aliphatic rings. The van der Waals surface area contributed by atoms with Gasteiger partial charge in [-0.15, -0.1) is 6.42 Å². The Kier molecular flexibility index (Phi) is 6.01. The summed E-state index contributed by atoms with van der Waals surface area (Å²) in [6.45, 7) is 0. The number of aromatic hydroxyl groups is 1. The fourth-order valence-corrected chi connectivity index (χ4v) is 1.39. The normalized spacial score (nSPS) is 8.39. The van der Waals surface area contributed by atoms with Crippen LogP contribution in [-0.2, 0) is 0 Å². The molecule has 0 aliphatic carbocycles. The third kappa shape index (κ3) is 3.93. The van der Waals surface area contributed by atoms with Gasteiger partial charge in [0.1, 0.15) is 5.75 Å². The Balaban J connectivity index is 0.00000162. The molecule has 0 heterocycles. The number of benzene rings is 2. The minimum atomic E-state index is 0. The average Bonchev–Trinajstić information content (AvgIpc) is 2.39. The second kappa shape index (κ2) is 7.28. The molecule has 0 saturated heterocycles. The second-order valence-electron chi connectivity index (χ2n) is 3.49. The Bertz CT molecular complexity index is 628. The molecule has 1 N–H and O–H groups in total. The van der Waals surface area contributed by atoms with E-state index >= 15 is 0 Å². The summed E-state index contributed by atoms with van der Waals surface area (Å²) in [6, 6.07) is 14.5. The zero-order valence-corrected chi connectivity index (χ0v) is 14.5. The molecule has 0 atom stereocenters. The van der Waals surface area contributed by atoms with E-state index in [2.05, 4.69) is 17.8 Å².